The second-order valence-electron chi connectivity index (χ2n) is 6.27. The smallest absolute Gasteiger partial charge is 0.411 e. The van der Waals surface area contributed by atoms with E-state index in [-0.39, 0.29) is 12.6 Å². The van der Waals surface area contributed by atoms with E-state index in [4.69, 9.17) is 9.47 Å². The van der Waals surface area contributed by atoms with E-state index in [2.05, 4.69) is 0 Å². The van der Waals surface area contributed by atoms with Crippen LogP contribution in [0.4, 0.5) is 9.18 Å². The quantitative estimate of drug-likeness (QED) is 0.806. The second kappa shape index (κ2) is 6.34. The van der Waals surface area contributed by atoms with E-state index in [0.29, 0.717) is 18.5 Å². The van der Waals surface area contributed by atoms with Gasteiger partial charge in [-0.25, -0.2) is 9.18 Å². The molecule has 1 aromatic rings. The number of likely N-dealkylation sites (tertiary alicyclic amines) is 1. The Balaban J connectivity index is 2.02. The van der Waals surface area contributed by atoms with Gasteiger partial charge in [0, 0.05) is 12.5 Å². The SMILES string of the molecule is CC(C)(C)OC(=O)N1C[C@@H](Oc2cccc(F)c2)C[C@H]1C=O. The molecular weight excluding hydrogens is 289 g/mol. The van der Waals surface area contributed by atoms with Crippen molar-refractivity contribution >= 4 is 12.4 Å². The summed E-state index contributed by atoms with van der Waals surface area (Å²) in [4.78, 5) is 24.6. The molecule has 0 radical (unpaired) electrons. The van der Waals surface area contributed by atoms with E-state index >= 15 is 0 Å². The van der Waals surface area contributed by atoms with Gasteiger partial charge in [0.2, 0.25) is 0 Å². The predicted octanol–water partition coefficient (Wildman–Crippen LogP) is 2.78. The van der Waals surface area contributed by atoms with Gasteiger partial charge >= 0.3 is 6.09 Å². The van der Waals surface area contributed by atoms with E-state index in [1.807, 2.05) is 0 Å². The van der Waals surface area contributed by atoms with Gasteiger partial charge in [-0.15, -0.1) is 0 Å². The Hall–Kier alpha value is -2.11. The number of hydrogen-bond acceptors (Lipinski definition) is 4. The summed E-state index contributed by atoms with van der Waals surface area (Å²) in [6, 6.07) is 5.18. The third-order valence-electron chi connectivity index (χ3n) is 3.19. The van der Waals surface area contributed by atoms with E-state index in [1.165, 1.54) is 17.0 Å². The fourth-order valence-electron chi connectivity index (χ4n) is 2.30. The minimum atomic E-state index is -0.633. The van der Waals surface area contributed by atoms with Crippen molar-refractivity contribution in [3.8, 4) is 5.75 Å². The molecule has 120 valence electrons. The van der Waals surface area contributed by atoms with Crippen molar-refractivity contribution in [3.63, 3.8) is 0 Å². The van der Waals surface area contributed by atoms with E-state index in [0.717, 1.165) is 0 Å². The highest BCUT2D eigenvalue weighted by atomic mass is 19.1. The molecule has 1 aromatic carbocycles. The number of halogens is 1. The lowest BCUT2D eigenvalue weighted by molar-refractivity contribution is -0.111. The van der Waals surface area contributed by atoms with Gasteiger partial charge < -0.3 is 14.3 Å². The monoisotopic (exact) mass is 309 g/mol. The van der Waals surface area contributed by atoms with Crippen LogP contribution in [0.3, 0.4) is 0 Å². The number of benzene rings is 1. The Morgan fingerprint density at radius 3 is 2.73 bits per heavy atom. The highest BCUT2D eigenvalue weighted by molar-refractivity contribution is 5.74. The minimum absolute atomic E-state index is 0.231. The maximum Gasteiger partial charge on any atom is 0.411 e. The van der Waals surface area contributed by atoms with Crippen molar-refractivity contribution in [3.05, 3.63) is 30.1 Å². The molecule has 1 aliphatic heterocycles. The minimum Gasteiger partial charge on any atom is -0.488 e. The Morgan fingerprint density at radius 2 is 2.14 bits per heavy atom. The molecular formula is C16H20FNO4. The van der Waals surface area contributed by atoms with Crippen molar-refractivity contribution in [1.29, 1.82) is 0 Å². The molecule has 1 fully saturated rings. The molecule has 1 heterocycles. The molecule has 0 N–H and O–H groups in total. The van der Waals surface area contributed by atoms with E-state index in [9.17, 15) is 14.0 Å². The summed E-state index contributed by atoms with van der Waals surface area (Å²) in [6.07, 6.45) is 0.150. The maximum absolute atomic E-state index is 13.2. The first-order valence-corrected chi connectivity index (χ1v) is 7.15. The van der Waals surface area contributed by atoms with Crippen LogP contribution in [-0.4, -0.2) is 41.6 Å². The van der Waals surface area contributed by atoms with Crippen LogP contribution in [0.2, 0.25) is 0 Å². The molecule has 0 bridgehead atoms. The number of ether oxygens (including phenoxy) is 2. The van der Waals surface area contributed by atoms with Gasteiger partial charge in [-0.05, 0) is 32.9 Å². The fourth-order valence-corrected chi connectivity index (χ4v) is 2.30. The maximum atomic E-state index is 13.2. The van der Waals surface area contributed by atoms with Crippen LogP contribution in [0.5, 0.6) is 5.75 Å². The Kier molecular flexibility index (Phi) is 4.68. The Labute approximate surface area is 129 Å². The highest BCUT2D eigenvalue weighted by Crippen LogP contribution is 2.24. The molecule has 0 aliphatic carbocycles. The summed E-state index contributed by atoms with van der Waals surface area (Å²) in [7, 11) is 0. The van der Waals surface area contributed by atoms with Crippen LogP contribution in [-0.2, 0) is 9.53 Å². The fraction of sp³-hybridized carbons (Fsp3) is 0.500. The number of hydrogen-bond donors (Lipinski definition) is 0. The van der Waals surface area contributed by atoms with Crippen LogP contribution in [0.15, 0.2) is 24.3 Å². The summed E-state index contributed by atoms with van der Waals surface area (Å²) in [5.74, 6) is -0.0212. The lowest BCUT2D eigenvalue weighted by Gasteiger charge is -2.26. The summed E-state index contributed by atoms with van der Waals surface area (Å²) >= 11 is 0. The van der Waals surface area contributed by atoms with Gasteiger partial charge in [-0.3, -0.25) is 4.90 Å². The summed E-state index contributed by atoms with van der Waals surface area (Å²) in [5.41, 5.74) is -0.633. The van der Waals surface area contributed by atoms with Crippen molar-refractivity contribution in [2.75, 3.05) is 6.54 Å². The van der Waals surface area contributed by atoms with Crippen molar-refractivity contribution < 1.29 is 23.5 Å². The zero-order chi connectivity index (χ0) is 16.3. The van der Waals surface area contributed by atoms with Crippen LogP contribution < -0.4 is 4.74 Å². The molecule has 0 aromatic heterocycles. The van der Waals surface area contributed by atoms with Gasteiger partial charge in [0.1, 0.15) is 29.6 Å². The first kappa shape index (κ1) is 16.3. The molecule has 1 saturated heterocycles. The van der Waals surface area contributed by atoms with Gasteiger partial charge in [0.25, 0.3) is 0 Å². The first-order valence-electron chi connectivity index (χ1n) is 7.15. The Morgan fingerprint density at radius 1 is 1.41 bits per heavy atom. The topological polar surface area (TPSA) is 55.8 Å². The molecule has 1 aliphatic rings. The van der Waals surface area contributed by atoms with Gasteiger partial charge in [-0.2, -0.15) is 0 Å². The highest BCUT2D eigenvalue weighted by Gasteiger charge is 2.38. The zero-order valence-corrected chi connectivity index (χ0v) is 12.9. The molecule has 1 amide bonds. The van der Waals surface area contributed by atoms with Gasteiger partial charge in [0.05, 0.1) is 12.6 Å². The van der Waals surface area contributed by atoms with Crippen LogP contribution in [0.25, 0.3) is 0 Å². The van der Waals surface area contributed by atoms with Gasteiger partial charge in [0.15, 0.2) is 0 Å². The van der Waals surface area contributed by atoms with E-state index in [1.54, 1.807) is 32.9 Å². The Bertz CT molecular complexity index is 555. The van der Waals surface area contributed by atoms with Crippen LogP contribution in [0.1, 0.15) is 27.2 Å². The van der Waals surface area contributed by atoms with Crippen molar-refractivity contribution in [1.82, 2.24) is 4.90 Å². The van der Waals surface area contributed by atoms with Crippen LogP contribution in [0, 0.1) is 5.82 Å². The molecule has 22 heavy (non-hydrogen) atoms. The third-order valence-corrected chi connectivity index (χ3v) is 3.19. The molecule has 5 nitrogen and oxygen atoms in total. The van der Waals surface area contributed by atoms with Gasteiger partial charge in [-0.1, -0.05) is 6.07 Å². The standard InChI is InChI=1S/C16H20FNO4/c1-16(2,3)22-15(20)18-9-14(8-12(18)10-19)21-13-6-4-5-11(17)7-13/h4-7,10,12,14H,8-9H2,1-3H3/t12-,14-/m0/s1. The molecule has 0 unspecified atom stereocenters. The molecule has 2 rings (SSSR count). The van der Waals surface area contributed by atoms with Crippen LogP contribution >= 0.6 is 0 Å². The normalized spacial score (nSPS) is 21.5. The number of carbonyl (C=O) groups excluding carboxylic acids is 2. The molecule has 0 saturated carbocycles. The average Bonchev–Trinajstić information content (AvgIpc) is 2.80. The zero-order valence-electron chi connectivity index (χ0n) is 12.9. The number of carbonyl (C=O) groups is 2. The number of rotatable bonds is 3. The second-order valence-corrected chi connectivity index (χ2v) is 6.27. The van der Waals surface area contributed by atoms with Crippen molar-refractivity contribution in [2.24, 2.45) is 0 Å². The lowest BCUT2D eigenvalue weighted by Crippen LogP contribution is -2.41. The third kappa shape index (κ3) is 4.19. The first-order chi connectivity index (χ1) is 10.3. The predicted molar refractivity (Wildman–Crippen MR) is 78.2 cm³/mol. The largest absolute Gasteiger partial charge is 0.488 e. The number of amides is 1. The summed E-state index contributed by atoms with van der Waals surface area (Å²) in [5, 5.41) is 0. The average molecular weight is 309 g/mol. The van der Waals surface area contributed by atoms with Crippen molar-refractivity contribution in [2.45, 2.75) is 44.9 Å². The molecule has 2 atom stereocenters. The molecule has 6 heteroatoms. The summed E-state index contributed by atoms with van der Waals surface area (Å²) < 4.78 is 24.1. The lowest BCUT2D eigenvalue weighted by atomic mass is 10.2. The van der Waals surface area contributed by atoms with E-state index < -0.39 is 23.6 Å². The summed E-state index contributed by atoms with van der Waals surface area (Å²) in [6.45, 7) is 5.52. The number of nitrogens with zero attached hydrogens (tertiary/aromatic N) is 1. The number of aldehydes is 1. The molecule has 0 spiro atoms.